The first kappa shape index (κ1) is 25.9. The molecule has 2 amide bonds. The van der Waals surface area contributed by atoms with E-state index >= 15 is 0 Å². The normalized spacial score (nSPS) is 17.3. The first-order valence-corrected chi connectivity index (χ1v) is 11.3. The molecule has 0 spiro atoms. The number of nitrogens with zero attached hydrogens (tertiary/aromatic N) is 3. The van der Waals surface area contributed by atoms with Crippen LogP contribution in [0, 0.1) is 0 Å². The monoisotopic (exact) mass is 514 g/mol. The van der Waals surface area contributed by atoms with E-state index in [-0.39, 0.29) is 36.4 Å². The van der Waals surface area contributed by atoms with Gasteiger partial charge < -0.3 is 33.5 Å². The van der Waals surface area contributed by atoms with E-state index in [9.17, 15) is 19.5 Å². The zero-order valence-electron chi connectivity index (χ0n) is 20.4. The van der Waals surface area contributed by atoms with E-state index in [0.29, 0.717) is 0 Å². The van der Waals surface area contributed by atoms with Gasteiger partial charge >= 0.3 is 12.1 Å². The summed E-state index contributed by atoms with van der Waals surface area (Å²) in [4.78, 5) is 46.8. The predicted molar refractivity (Wildman–Crippen MR) is 123 cm³/mol. The SMILES string of the molecule is COC(=O)c1coc([C@H](CO)NC(=O)c2coc([C@@H]3COC(C)(C)N3C(=O)OCc3ccccc3)n2)n1. The van der Waals surface area contributed by atoms with Crippen LogP contribution in [-0.4, -0.2) is 64.0 Å². The lowest BCUT2D eigenvalue weighted by atomic mass is 10.2. The van der Waals surface area contributed by atoms with Crippen molar-refractivity contribution in [3.05, 3.63) is 71.6 Å². The fourth-order valence-electron chi connectivity index (χ4n) is 3.73. The molecule has 4 rings (SSSR count). The summed E-state index contributed by atoms with van der Waals surface area (Å²) < 4.78 is 26.5. The van der Waals surface area contributed by atoms with Gasteiger partial charge in [-0.2, -0.15) is 0 Å². The Labute approximate surface area is 211 Å². The largest absolute Gasteiger partial charge is 0.464 e. The van der Waals surface area contributed by atoms with Gasteiger partial charge in [0.1, 0.15) is 36.9 Å². The number of esters is 1. The molecule has 3 heterocycles. The number of hydrogen-bond acceptors (Lipinski definition) is 11. The van der Waals surface area contributed by atoms with E-state index in [1.807, 2.05) is 30.3 Å². The lowest BCUT2D eigenvalue weighted by molar-refractivity contribution is -0.0500. The van der Waals surface area contributed by atoms with Gasteiger partial charge in [0.2, 0.25) is 11.8 Å². The molecule has 1 saturated heterocycles. The minimum absolute atomic E-state index is 0.0667. The van der Waals surface area contributed by atoms with Crippen molar-refractivity contribution >= 4 is 18.0 Å². The average Bonchev–Trinajstić information content (AvgIpc) is 3.64. The average molecular weight is 514 g/mol. The van der Waals surface area contributed by atoms with E-state index in [4.69, 9.17) is 18.3 Å². The van der Waals surface area contributed by atoms with Crippen LogP contribution < -0.4 is 5.32 Å². The molecule has 1 aliphatic rings. The summed E-state index contributed by atoms with van der Waals surface area (Å²) in [6, 6.07) is 7.41. The molecule has 2 atom stereocenters. The highest BCUT2D eigenvalue weighted by Crippen LogP contribution is 2.37. The molecule has 0 unspecified atom stereocenters. The second-order valence-electron chi connectivity index (χ2n) is 8.53. The summed E-state index contributed by atoms with van der Waals surface area (Å²) in [5.41, 5.74) is -0.421. The molecule has 37 heavy (non-hydrogen) atoms. The number of hydrogen-bond donors (Lipinski definition) is 2. The van der Waals surface area contributed by atoms with Crippen molar-refractivity contribution in [3.8, 4) is 0 Å². The van der Waals surface area contributed by atoms with Gasteiger partial charge in [-0.15, -0.1) is 0 Å². The first-order chi connectivity index (χ1) is 17.7. The minimum atomic E-state index is -1.07. The number of aliphatic hydroxyl groups excluding tert-OH is 1. The van der Waals surface area contributed by atoms with Crippen LogP contribution in [0.3, 0.4) is 0 Å². The predicted octanol–water partition coefficient (Wildman–Crippen LogP) is 2.36. The summed E-state index contributed by atoms with van der Waals surface area (Å²) in [6.45, 7) is 2.99. The molecule has 13 nitrogen and oxygen atoms in total. The fraction of sp³-hybridized carbons (Fsp3) is 0.375. The second kappa shape index (κ2) is 10.8. The second-order valence-corrected chi connectivity index (χ2v) is 8.53. The van der Waals surface area contributed by atoms with Crippen molar-refractivity contribution in [1.82, 2.24) is 20.2 Å². The summed E-state index contributed by atoms with van der Waals surface area (Å²) in [7, 11) is 1.19. The van der Waals surface area contributed by atoms with Crippen LogP contribution in [0.2, 0.25) is 0 Å². The Hall–Kier alpha value is -4.23. The quantitative estimate of drug-likeness (QED) is 0.424. The van der Waals surface area contributed by atoms with Gasteiger partial charge in [-0.25, -0.2) is 19.6 Å². The Morgan fingerprint density at radius 3 is 2.59 bits per heavy atom. The third-order valence-electron chi connectivity index (χ3n) is 5.63. The molecule has 13 heteroatoms. The number of oxazole rings is 2. The van der Waals surface area contributed by atoms with E-state index < -0.39 is 42.4 Å². The molecular formula is C24H26N4O9. The molecular weight excluding hydrogens is 488 g/mol. The summed E-state index contributed by atoms with van der Waals surface area (Å²) >= 11 is 0. The minimum Gasteiger partial charge on any atom is -0.464 e. The van der Waals surface area contributed by atoms with Crippen LogP contribution in [0.5, 0.6) is 0 Å². The molecule has 0 aliphatic carbocycles. The number of amides is 2. The third-order valence-corrected chi connectivity index (χ3v) is 5.63. The Kier molecular flexibility index (Phi) is 7.55. The van der Waals surface area contributed by atoms with Crippen LogP contribution >= 0.6 is 0 Å². The van der Waals surface area contributed by atoms with E-state index in [0.717, 1.165) is 18.1 Å². The maximum absolute atomic E-state index is 13.0. The van der Waals surface area contributed by atoms with Crippen LogP contribution in [0.1, 0.15) is 64.3 Å². The van der Waals surface area contributed by atoms with Crippen molar-refractivity contribution in [3.63, 3.8) is 0 Å². The Balaban J connectivity index is 1.45. The molecule has 1 fully saturated rings. The van der Waals surface area contributed by atoms with Gasteiger partial charge in [0, 0.05) is 0 Å². The van der Waals surface area contributed by atoms with E-state index in [2.05, 4.69) is 20.0 Å². The smallest absolute Gasteiger partial charge is 0.413 e. The van der Waals surface area contributed by atoms with Crippen LogP contribution in [0.15, 0.2) is 51.7 Å². The van der Waals surface area contributed by atoms with Gasteiger partial charge in [0.15, 0.2) is 11.4 Å². The number of rotatable bonds is 8. The van der Waals surface area contributed by atoms with Crippen LogP contribution in [0.4, 0.5) is 4.79 Å². The zero-order valence-corrected chi connectivity index (χ0v) is 20.4. The number of ether oxygens (including phenoxy) is 3. The summed E-state index contributed by atoms with van der Waals surface area (Å²) in [6.07, 6.45) is 1.54. The van der Waals surface area contributed by atoms with Crippen LogP contribution in [0.25, 0.3) is 0 Å². The number of methoxy groups -OCH3 is 1. The third kappa shape index (κ3) is 5.62. The lowest BCUT2D eigenvalue weighted by Crippen LogP contribution is -2.45. The molecule has 3 aromatic rings. The molecule has 0 saturated carbocycles. The van der Waals surface area contributed by atoms with Gasteiger partial charge in [-0.3, -0.25) is 9.69 Å². The molecule has 2 N–H and O–H groups in total. The van der Waals surface area contributed by atoms with Crippen LogP contribution in [-0.2, 0) is 20.8 Å². The maximum Gasteiger partial charge on any atom is 0.413 e. The fourth-order valence-corrected chi connectivity index (χ4v) is 3.73. The topological polar surface area (TPSA) is 166 Å². The van der Waals surface area contributed by atoms with Gasteiger partial charge in [-0.05, 0) is 19.4 Å². The highest BCUT2D eigenvalue weighted by atomic mass is 16.6. The molecule has 0 radical (unpaired) electrons. The van der Waals surface area contributed by atoms with E-state index in [1.165, 1.54) is 12.0 Å². The number of carbonyl (C=O) groups is 3. The van der Waals surface area contributed by atoms with Gasteiger partial charge in [0.05, 0.1) is 20.3 Å². The molecule has 1 aromatic carbocycles. The maximum atomic E-state index is 13.0. The molecule has 2 aromatic heterocycles. The zero-order chi connectivity index (χ0) is 26.6. The number of benzene rings is 1. The Morgan fingerprint density at radius 1 is 1.16 bits per heavy atom. The van der Waals surface area contributed by atoms with Gasteiger partial charge in [0.25, 0.3) is 5.91 Å². The highest BCUT2D eigenvalue weighted by molar-refractivity contribution is 5.92. The number of carbonyl (C=O) groups excluding carboxylic acids is 3. The standard InChI is InChI=1S/C24H26N4O9/c1-24(2)28(23(32)36-10-14-7-5-4-6-8-14)18(13-37-24)21-26-16(11-35-21)19(30)25-15(9-29)20-27-17(12-34-20)22(31)33-3/h4-8,11-12,15,18,29H,9-10,13H2,1-3H3,(H,25,30)/t15-,18-/m0/s1. The Bertz CT molecular complexity index is 1250. The summed E-state index contributed by atoms with van der Waals surface area (Å²) in [5, 5.41) is 12.2. The lowest BCUT2D eigenvalue weighted by Gasteiger charge is -2.31. The number of aromatic nitrogens is 2. The molecule has 1 aliphatic heterocycles. The van der Waals surface area contributed by atoms with E-state index in [1.54, 1.807) is 13.8 Å². The van der Waals surface area contributed by atoms with Crippen molar-refractivity contribution in [2.24, 2.45) is 0 Å². The number of aliphatic hydroxyl groups is 1. The molecule has 0 bridgehead atoms. The van der Waals surface area contributed by atoms with Crippen molar-refractivity contribution in [1.29, 1.82) is 0 Å². The summed E-state index contributed by atoms with van der Waals surface area (Å²) in [5.74, 6) is -1.47. The van der Waals surface area contributed by atoms with Crippen molar-refractivity contribution < 1.29 is 42.5 Å². The van der Waals surface area contributed by atoms with Crippen molar-refractivity contribution in [2.75, 3.05) is 20.3 Å². The Morgan fingerprint density at radius 2 is 1.89 bits per heavy atom. The van der Waals surface area contributed by atoms with Crippen molar-refractivity contribution in [2.45, 2.75) is 38.3 Å². The first-order valence-electron chi connectivity index (χ1n) is 11.3. The molecule has 196 valence electrons. The number of nitrogens with one attached hydrogen (secondary N) is 1. The van der Waals surface area contributed by atoms with Gasteiger partial charge in [-0.1, -0.05) is 30.3 Å². The highest BCUT2D eigenvalue weighted by Gasteiger charge is 2.47.